The zero-order valence-electron chi connectivity index (χ0n) is 10.9. The Balaban J connectivity index is 3.00. The third-order valence-corrected chi connectivity index (χ3v) is 3.95. The molecule has 0 aromatic heterocycles. The van der Waals surface area contributed by atoms with Gasteiger partial charge < -0.3 is 4.90 Å². The lowest BCUT2D eigenvalue weighted by atomic mass is 9.86. The lowest BCUT2D eigenvalue weighted by molar-refractivity contribution is 0.329. The van der Waals surface area contributed by atoms with Gasteiger partial charge in [0.2, 0.25) is 0 Å². The van der Waals surface area contributed by atoms with Gasteiger partial charge in [-0.05, 0) is 24.0 Å². The molecule has 0 bridgehead atoms. The zero-order valence-corrected chi connectivity index (χ0v) is 12.5. The van der Waals surface area contributed by atoms with Crippen LogP contribution in [0.5, 0.6) is 0 Å². The first kappa shape index (κ1) is 13.6. The Morgan fingerprint density at radius 3 is 2.31 bits per heavy atom. The number of anilines is 1. The Labute approximate surface area is 108 Å². The van der Waals surface area contributed by atoms with Crippen molar-refractivity contribution < 1.29 is 0 Å². The molecule has 1 unspecified atom stereocenters. The molecule has 1 nitrogen and oxygen atoms in total. The van der Waals surface area contributed by atoms with Gasteiger partial charge in [-0.1, -0.05) is 54.9 Å². The molecule has 0 amide bonds. The molecule has 0 aliphatic rings. The standard InChI is InChI=1S/C14H22BrN/c1-11(14(2,3)4)16(5)13-9-7-6-8-12(13)10-15/h6-9,11H,10H2,1-5H3. The van der Waals surface area contributed by atoms with Crippen molar-refractivity contribution in [2.24, 2.45) is 5.41 Å². The maximum atomic E-state index is 3.55. The minimum absolute atomic E-state index is 0.286. The highest BCUT2D eigenvalue weighted by Crippen LogP contribution is 2.30. The average Bonchev–Trinajstić information content (AvgIpc) is 2.25. The van der Waals surface area contributed by atoms with Crippen molar-refractivity contribution >= 4 is 21.6 Å². The van der Waals surface area contributed by atoms with E-state index in [1.54, 1.807) is 0 Å². The molecule has 90 valence electrons. The number of hydrogen-bond acceptors (Lipinski definition) is 1. The smallest absolute Gasteiger partial charge is 0.0407 e. The molecule has 0 saturated carbocycles. The van der Waals surface area contributed by atoms with Crippen molar-refractivity contribution in [2.45, 2.75) is 39.1 Å². The van der Waals surface area contributed by atoms with E-state index in [2.05, 4.69) is 79.8 Å². The van der Waals surface area contributed by atoms with E-state index in [9.17, 15) is 0 Å². The molecule has 0 fully saturated rings. The number of nitrogens with zero attached hydrogens (tertiary/aromatic N) is 1. The summed E-state index contributed by atoms with van der Waals surface area (Å²) in [7, 11) is 2.18. The second-order valence-corrected chi connectivity index (χ2v) is 5.98. The van der Waals surface area contributed by atoms with Gasteiger partial charge in [0.15, 0.2) is 0 Å². The minimum Gasteiger partial charge on any atom is -0.371 e. The fourth-order valence-corrected chi connectivity index (χ4v) is 2.23. The van der Waals surface area contributed by atoms with Gasteiger partial charge in [-0.25, -0.2) is 0 Å². The van der Waals surface area contributed by atoms with Crippen LogP contribution in [0.25, 0.3) is 0 Å². The fraction of sp³-hybridized carbons (Fsp3) is 0.571. The summed E-state index contributed by atoms with van der Waals surface area (Å²) in [6.45, 7) is 9.13. The molecule has 0 heterocycles. The molecule has 16 heavy (non-hydrogen) atoms. The molecule has 2 heteroatoms. The molecule has 0 spiro atoms. The molecular formula is C14H22BrN. The van der Waals surface area contributed by atoms with E-state index in [1.807, 2.05) is 0 Å². The Kier molecular flexibility index (Phi) is 4.43. The van der Waals surface area contributed by atoms with Gasteiger partial charge in [0, 0.05) is 24.1 Å². The highest BCUT2D eigenvalue weighted by atomic mass is 79.9. The van der Waals surface area contributed by atoms with Crippen LogP contribution in [-0.4, -0.2) is 13.1 Å². The predicted octanol–water partition coefficient (Wildman–Crippen LogP) is 4.45. The van der Waals surface area contributed by atoms with Crippen LogP contribution >= 0.6 is 15.9 Å². The minimum atomic E-state index is 0.286. The van der Waals surface area contributed by atoms with Crippen molar-refractivity contribution in [3.63, 3.8) is 0 Å². The van der Waals surface area contributed by atoms with Crippen LogP contribution in [0.15, 0.2) is 24.3 Å². The lowest BCUT2D eigenvalue weighted by Crippen LogP contribution is -2.39. The van der Waals surface area contributed by atoms with Crippen LogP contribution in [-0.2, 0) is 5.33 Å². The van der Waals surface area contributed by atoms with Crippen molar-refractivity contribution in [1.29, 1.82) is 0 Å². The monoisotopic (exact) mass is 283 g/mol. The van der Waals surface area contributed by atoms with Gasteiger partial charge in [0.1, 0.15) is 0 Å². The number of para-hydroxylation sites is 1. The van der Waals surface area contributed by atoms with E-state index in [4.69, 9.17) is 0 Å². The summed E-state index contributed by atoms with van der Waals surface area (Å²) < 4.78 is 0. The van der Waals surface area contributed by atoms with E-state index in [1.165, 1.54) is 11.3 Å². The maximum Gasteiger partial charge on any atom is 0.0407 e. The van der Waals surface area contributed by atoms with Crippen LogP contribution < -0.4 is 4.90 Å². The van der Waals surface area contributed by atoms with Crippen molar-refractivity contribution in [3.8, 4) is 0 Å². The largest absolute Gasteiger partial charge is 0.371 e. The maximum absolute atomic E-state index is 3.55. The Bertz CT molecular complexity index is 341. The number of benzene rings is 1. The van der Waals surface area contributed by atoms with Gasteiger partial charge in [0.25, 0.3) is 0 Å². The second kappa shape index (κ2) is 5.22. The van der Waals surface area contributed by atoms with Gasteiger partial charge in [-0.15, -0.1) is 0 Å². The summed E-state index contributed by atoms with van der Waals surface area (Å²) in [4.78, 5) is 2.37. The van der Waals surface area contributed by atoms with Crippen molar-refractivity contribution in [3.05, 3.63) is 29.8 Å². The van der Waals surface area contributed by atoms with E-state index < -0.39 is 0 Å². The van der Waals surface area contributed by atoms with Gasteiger partial charge >= 0.3 is 0 Å². The van der Waals surface area contributed by atoms with Crippen molar-refractivity contribution in [2.75, 3.05) is 11.9 Å². The van der Waals surface area contributed by atoms with Crippen LogP contribution in [0, 0.1) is 5.41 Å². The van der Waals surface area contributed by atoms with Crippen LogP contribution in [0.1, 0.15) is 33.3 Å². The Hall–Kier alpha value is -0.500. The van der Waals surface area contributed by atoms with Crippen LogP contribution in [0.3, 0.4) is 0 Å². The van der Waals surface area contributed by atoms with E-state index in [0.717, 1.165) is 5.33 Å². The number of hydrogen-bond donors (Lipinski definition) is 0. The predicted molar refractivity (Wildman–Crippen MR) is 76.4 cm³/mol. The number of halogens is 1. The van der Waals surface area contributed by atoms with Gasteiger partial charge in [-0.2, -0.15) is 0 Å². The van der Waals surface area contributed by atoms with Gasteiger partial charge in [0.05, 0.1) is 0 Å². The average molecular weight is 284 g/mol. The Morgan fingerprint density at radius 1 is 1.25 bits per heavy atom. The normalized spacial score (nSPS) is 13.6. The molecule has 1 aromatic rings. The fourth-order valence-electron chi connectivity index (χ4n) is 1.76. The second-order valence-electron chi connectivity index (χ2n) is 5.42. The third kappa shape index (κ3) is 3.00. The highest BCUT2D eigenvalue weighted by molar-refractivity contribution is 9.08. The quantitative estimate of drug-likeness (QED) is 0.741. The number of alkyl halides is 1. The summed E-state index contributed by atoms with van der Waals surface area (Å²) in [6.07, 6.45) is 0. The van der Waals surface area contributed by atoms with Crippen LogP contribution in [0.4, 0.5) is 5.69 Å². The molecule has 1 rings (SSSR count). The van der Waals surface area contributed by atoms with Gasteiger partial charge in [-0.3, -0.25) is 0 Å². The summed E-state index contributed by atoms with van der Waals surface area (Å²) in [6, 6.07) is 9.07. The topological polar surface area (TPSA) is 3.24 Å². The first-order chi connectivity index (χ1) is 7.38. The molecule has 0 N–H and O–H groups in total. The van der Waals surface area contributed by atoms with Crippen molar-refractivity contribution in [1.82, 2.24) is 0 Å². The molecule has 1 aromatic carbocycles. The van der Waals surface area contributed by atoms with E-state index in [-0.39, 0.29) is 5.41 Å². The summed E-state index contributed by atoms with van der Waals surface area (Å²) >= 11 is 3.55. The molecule has 0 aliphatic carbocycles. The highest BCUT2D eigenvalue weighted by Gasteiger charge is 2.24. The van der Waals surface area contributed by atoms with E-state index >= 15 is 0 Å². The summed E-state index contributed by atoms with van der Waals surface area (Å²) in [5, 5.41) is 0.907. The summed E-state index contributed by atoms with van der Waals surface area (Å²) in [5.74, 6) is 0. The number of rotatable bonds is 3. The summed E-state index contributed by atoms with van der Waals surface area (Å²) in [5.41, 5.74) is 2.96. The lowest BCUT2D eigenvalue weighted by Gasteiger charge is -2.37. The molecule has 0 saturated heterocycles. The van der Waals surface area contributed by atoms with E-state index in [0.29, 0.717) is 6.04 Å². The molecule has 0 radical (unpaired) electrons. The first-order valence-corrected chi connectivity index (χ1v) is 6.86. The first-order valence-electron chi connectivity index (χ1n) is 5.74. The zero-order chi connectivity index (χ0) is 12.3. The third-order valence-electron chi connectivity index (χ3n) is 3.35. The molecule has 0 aliphatic heterocycles. The van der Waals surface area contributed by atoms with Crippen LogP contribution in [0.2, 0.25) is 0 Å². The Morgan fingerprint density at radius 2 is 1.81 bits per heavy atom. The molecular weight excluding hydrogens is 262 g/mol. The molecule has 1 atom stereocenters. The SMILES string of the molecule is CC(N(C)c1ccccc1CBr)C(C)(C)C.